The third-order valence-electron chi connectivity index (χ3n) is 4.40. The highest BCUT2D eigenvalue weighted by molar-refractivity contribution is 7.13. The molecule has 1 N–H and O–H groups in total. The van der Waals surface area contributed by atoms with E-state index in [0.717, 1.165) is 30.0 Å². The van der Waals surface area contributed by atoms with Crippen molar-refractivity contribution in [1.82, 2.24) is 5.32 Å². The van der Waals surface area contributed by atoms with E-state index in [1.165, 1.54) is 0 Å². The van der Waals surface area contributed by atoms with Crippen molar-refractivity contribution in [3.05, 3.63) is 47.1 Å². The van der Waals surface area contributed by atoms with Crippen molar-refractivity contribution in [2.24, 2.45) is 0 Å². The van der Waals surface area contributed by atoms with E-state index in [2.05, 4.69) is 19.2 Å². The summed E-state index contributed by atoms with van der Waals surface area (Å²) in [5.74, 6) is -0.162. The molecule has 4 heteroatoms. The van der Waals surface area contributed by atoms with Crippen molar-refractivity contribution in [1.29, 1.82) is 0 Å². The van der Waals surface area contributed by atoms with Gasteiger partial charge in [0, 0.05) is 29.1 Å². The quantitative estimate of drug-likeness (QED) is 0.913. The molecule has 1 aliphatic rings. The van der Waals surface area contributed by atoms with Gasteiger partial charge in [-0.3, -0.25) is 0 Å². The van der Waals surface area contributed by atoms with E-state index in [0.29, 0.717) is 5.56 Å². The predicted octanol–water partition coefficient (Wildman–Crippen LogP) is 4.21. The van der Waals surface area contributed by atoms with E-state index < -0.39 is 0 Å². The largest absolute Gasteiger partial charge is 0.377 e. The summed E-state index contributed by atoms with van der Waals surface area (Å²) in [4.78, 5) is 0.970. The number of hydrogen-bond donors (Lipinski definition) is 1. The Bertz CT molecular complexity index is 613. The Hall–Kier alpha value is -1.23. The van der Waals surface area contributed by atoms with Crippen molar-refractivity contribution < 1.29 is 9.13 Å². The first-order chi connectivity index (χ1) is 10.1. The topological polar surface area (TPSA) is 21.3 Å². The Morgan fingerprint density at radius 1 is 1.43 bits per heavy atom. The van der Waals surface area contributed by atoms with Crippen LogP contribution in [0.2, 0.25) is 0 Å². The van der Waals surface area contributed by atoms with E-state index in [4.69, 9.17) is 4.74 Å². The SMILES string of the molecule is CC1OCCC1(C)NCc1ccc(F)c(-c2cccs2)c1. The van der Waals surface area contributed by atoms with Crippen LogP contribution in [0.15, 0.2) is 35.7 Å². The van der Waals surface area contributed by atoms with E-state index in [1.54, 1.807) is 17.4 Å². The molecule has 2 heterocycles. The molecule has 0 spiro atoms. The first-order valence-electron chi connectivity index (χ1n) is 7.27. The van der Waals surface area contributed by atoms with Crippen molar-refractivity contribution in [3.8, 4) is 10.4 Å². The molecule has 0 amide bonds. The van der Waals surface area contributed by atoms with Gasteiger partial charge < -0.3 is 10.1 Å². The molecule has 2 atom stereocenters. The van der Waals surface area contributed by atoms with Crippen molar-refractivity contribution in [2.45, 2.75) is 38.5 Å². The molecule has 1 saturated heterocycles. The molecule has 0 saturated carbocycles. The minimum absolute atomic E-state index is 0.00250. The van der Waals surface area contributed by atoms with E-state index >= 15 is 0 Å². The van der Waals surface area contributed by atoms with Gasteiger partial charge in [-0.2, -0.15) is 0 Å². The molecule has 1 fully saturated rings. The van der Waals surface area contributed by atoms with Crippen LogP contribution < -0.4 is 5.32 Å². The molecule has 1 aromatic heterocycles. The number of ether oxygens (including phenoxy) is 1. The minimum Gasteiger partial charge on any atom is -0.377 e. The Morgan fingerprint density at radius 3 is 2.95 bits per heavy atom. The van der Waals surface area contributed by atoms with Crippen LogP contribution in [0.3, 0.4) is 0 Å². The van der Waals surface area contributed by atoms with E-state index in [-0.39, 0.29) is 17.5 Å². The predicted molar refractivity (Wildman–Crippen MR) is 85.0 cm³/mol. The normalized spacial score (nSPS) is 25.4. The van der Waals surface area contributed by atoms with Gasteiger partial charge in [0.05, 0.1) is 6.10 Å². The summed E-state index contributed by atoms with van der Waals surface area (Å²) in [5.41, 5.74) is 1.78. The Balaban J connectivity index is 1.76. The Kier molecular flexibility index (Phi) is 4.11. The maximum Gasteiger partial charge on any atom is 0.131 e. The fraction of sp³-hybridized carbons (Fsp3) is 0.412. The number of nitrogens with one attached hydrogen (secondary N) is 1. The summed E-state index contributed by atoms with van der Waals surface area (Å²) >= 11 is 1.56. The second-order valence-electron chi connectivity index (χ2n) is 5.83. The highest BCUT2D eigenvalue weighted by Crippen LogP contribution is 2.29. The fourth-order valence-electron chi connectivity index (χ4n) is 2.67. The van der Waals surface area contributed by atoms with Gasteiger partial charge >= 0.3 is 0 Å². The first kappa shape index (κ1) is 14.7. The molecule has 0 radical (unpaired) electrons. The van der Waals surface area contributed by atoms with Crippen molar-refractivity contribution >= 4 is 11.3 Å². The minimum atomic E-state index is -0.162. The van der Waals surface area contributed by atoms with E-state index in [9.17, 15) is 4.39 Å². The smallest absolute Gasteiger partial charge is 0.131 e. The fourth-order valence-corrected chi connectivity index (χ4v) is 3.42. The van der Waals surface area contributed by atoms with Crippen molar-refractivity contribution in [3.63, 3.8) is 0 Å². The molecular formula is C17H20FNOS. The molecule has 2 aromatic rings. The highest BCUT2D eigenvalue weighted by atomic mass is 32.1. The average Bonchev–Trinajstić information content (AvgIpc) is 3.10. The van der Waals surface area contributed by atoms with Gasteiger partial charge in [0.25, 0.3) is 0 Å². The molecule has 1 aromatic carbocycles. The number of rotatable bonds is 4. The zero-order chi connectivity index (χ0) is 14.9. The van der Waals surface area contributed by atoms with Crippen LogP contribution in [0.1, 0.15) is 25.8 Å². The maximum absolute atomic E-state index is 14.0. The van der Waals surface area contributed by atoms with Gasteiger partial charge in [0.2, 0.25) is 0 Å². The summed E-state index contributed by atoms with van der Waals surface area (Å²) in [6, 6.07) is 9.25. The molecule has 2 nitrogen and oxygen atoms in total. The lowest BCUT2D eigenvalue weighted by atomic mass is 9.94. The van der Waals surface area contributed by atoms with Gasteiger partial charge in [-0.05, 0) is 49.4 Å². The summed E-state index contributed by atoms with van der Waals surface area (Å²) in [5, 5.41) is 5.54. The average molecular weight is 305 g/mol. The number of thiophene rings is 1. The van der Waals surface area contributed by atoms with Crippen LogP contribution in [0, 0.1) is 5.82 Å². The van der Waals surface area contributed by atoms with Crippen LogP contribution in [0.5, 0.6) is 0 Å². The summed E-state index contributed by atoms with van der Waals surface area (Å²) in [6.45, 7) is 5.81. The van der Waals surface area contributed by atoms with Crippen LogP contribution in [-0.2, 0) is 11.3 Å². The number of halogens is 1. The Labute approximate surface area is 129 Å². The third-order valence-corrected chi connectivity index (χ3v) is 5.30. The molecule has 3 rings (SSSR count). The van der Waals surface area contributed by atoms with Crippen LogP contribution >= 0.6 is 11.3 Å². The van der Waals surface area contributed by atoms with Gasteiger partial charge in [0.1, 0.15) is 5.82 Å². The molecule has 112 valence electrons. The van der Waals surface area contributed by atoms with Crippen LogP contribution in [0.4, 0.5) is 4.39 Å². The second-order valence-corrected chi connectivity index (χ2v) is 6.77. The van der Waals surface area contributed by atoms with Gasteiger partial charge in [-0.25, -0.2) is 4.39 Å². The lowest BCUT2D eigenvalue weighted by Gasteiger charge is -2.29. The second kappa shape index (κ2) is 5.87. The van der Waals surface area contributed by atoms with Gasteiger partial charge in [-0.1, -0.05) is 12.1 Å². The summed E-state index contributed by atoms with van der Waals surface area (Å²) < 4.78 is 19.6. The molecule has 0 bridgehead atoms. The molecule has 0 aliphatic carbocycles. The van der Waals surface area contributed by atoms with Gasteiger partial charge in [-0.15, -0.1) is 11.3 Å². The van der Waals surface area contributed by atoms with Crippen molar-refractivity contribution in [2.75, 3.05) is 6.61 Å². The lowest BCUT2D eigenvalue weighted by molar-refractivity contribution is 0.0881. The van der Waals surface area contributed by atoms with E-state index in [1.807, 2.05) is 29.6 Å². The molecule has 21 heavy (non-hydrogen) atoms. The van der Waals surface area contributed by atoms with Crippen LogP contribution in [0.25, 0.3) is 10.4 Å². The summed E-state index contributed by atoms with van der Waals surface area (Å²) in [7, 11) is 0. The molecular weight excluding hydrogens is 285 g/mol. The van der Waals surface area contributed by atoms with Crippen LogP contribution in [-0.4, -0.2) is 18.2 Å². The third kappa shape index (κ3) is 3.03. The monoisotopic (exact) mass is 305 g/mol. The number of benzene rings is 1. The zero-order valence-corrected chi connectivity index (χ0v) is 13.2. The lowest BCUT2D eigenvalue weighted by Crippen LogP contribution is -2.47. The molecule has 1 aliphatic heterocycles. The molecule has 2 unspecified atom stereocenters. The first-order valence-corrected chi connectivity index (χ1v) is 8.15. The van der Waals surface area contributed by atoms with Gasteiger partial charge in [0.15, 0.2) is 0 Å². The standard InChI is InChI=1S/C17H20FNOS/c1-12-17(2,7-8-20-12)19-11-13-5-6-15(18)14(10-13)16-4-3-9-21-16/h3-6,9-10,12,19H,7-8,11H2,1-2H3. The zero-order valence-electron chi connectivity index (χ0n) is 12.4. The Morgan fingerprint density at radius 2 is 2.29 bits per heavy atom. The number of hydrogen-bond acceptors (Lipinski definition) is 3. The highest BCUT2D eigenvalue weighted by Gasteiger charge is 2.36. The maximum atomic E-state index is 14.0. The summed E-state index contributed by atoms with van der Waals surface area (Å²) in [6.07, 6.45) is 1.21.